The first-order valence-corrected chi connectivity index (χ1v) is 2.38. The Morgan fingerprint density at radius 2 is 2.71 bits per heavy atom. The number of nitrogens with one attached hydrogen (secondary N) is 1. The monoisotopic (exact) mass is 115 g/mol. The number of rotatable bonds is 0. The fourth-order valence-electron chi connectivity index (χ4n) is 0.342. The molecule has 0 amide bonds. The lowest BCUT2D eigenvalue weighted by atomic mass is 10.6. The van der Waals surface area contributed by atoms with Gasteiger partial charge in [-0.05, 0) is 12.2 Å². The molecule has 1 rings (SSSR count). The number of thiocarbonyl (C=S) groups is 1. The van der Waals surface area contributed by atoms with E-state index in [0.717, 1.165) is 0 Å². The van der Waals surface area contributed by atoms with Gasteiger partial charge in [-0.25, -0.2) is 0 Å². The third kappa shape index (κ3) is 1.16. The van der Waals surface area contributed by atoms with Crippen LogP contribution in [-0.4, -0.2) is 11.6 Å². The van der Waals surface area contributed by atoms with E-state index in [1.807, 2.05) is 0 Å². The van der Waals surface area contributed by atoms with Gasteiger partial charge < -0.3 is 10.1 Å². The summed E-state index contributed by atoms with van der Waals surface area (Å²) in [6, 6.07) is 0. The van der Waals surface area contributed by atoms with Gasteiger partial charge in [-0.1, -0.05) is 0 Å². The van der Waals surface area contributed by atoms with Crippen LogP contribution in [-0.2, 0) is 4.74 Å². The van der Waals surface area contributed by atoms with E-state index in [1.54, 1.807) is 6.20 Å². The minimum Gasteiger partial charge on any atom is -0.454 e. The van der Waals surface area contributed by atoms with Gasteiger partial charge in [0, 0.05) is 6.20 Å². The Balaban J connectivity index is 2.47. The molecule has 0 saturated carbocycles. The van der Waals surface area contributed by atoms with E-state index in [0.29, 0.717) is 11.6 Å². The molecular formula is C4H5NOS. The summed E-state index contributed by atoms with van der Waals surface area (Å²) in [4.78, 5) is 0. The molecule has 0 aromatic heterocycles. The largest absolute Gasteiger partial charge is 0.454 e. The molecule has 1 N–H and O–H groups in total. The molecule has 2 nitrogen and oxygen atoms in total. The first-order valence-electron chi connectivity index (χ1n) is 1.97. The highest BCUT2D eigenvalue weighted by Crippen LogP contribution is 1.86. The maximum absolute atomic E-state index is 4.77. The molecular weight excluding hydrogens is 110 g/mol. The van der Waals surface area contributed by atoms with Crippen molar-refractivity contribution in [3.05, 3.63) is 12.5 Å². The Morgan fingerprint density at radius 1 is 1.86 bits per heavy atom. The van der Waals surface area contributed by atoms with Crippen LogP contribution < -0.4 is 5.32 Å². The second-order valence-corrected chi connectivity index (χ2v) is 1.63. The highest BCUT2D eigenvalue weighted by molar-refractivity contribution is 7.80. The van der Waals surface area contributed by atoms with Crippen molar-refractivity contribution in [1.82, 2.24) is 5.32 Å². The van der Waals surface area contributed by atoms with Crippen LogP contribution in [0.25, 0.3) is 0 Å². The minimum atomic E-state index is 0.600. The zero-order valence-electron chi connectivity index (χ0n) is 3.68. The van der Waals surface area contributed by atoms with Gasteiger partial charge in [0.25, 0.3) is 0 Å². The fraction of sp³-hybridized carbons (Fsp3) is 0.250. The molecule has 0 aliphatic carbocycles. The molecule has 0 bridgehead atoms. The predicted molar refractivity (Wildman–Crippen MR) is 30.8 cm³/mol. The van der Waals surface area contributed by atoms with Crippen molar-refractivity contribution in [2.24, 2.45) is 0 Å². The molecule has 1 aliphatic rings. The zero-order valence-corrected chi connectivity index (χ0v) is 4.49. The molecule has 0 atom stereocenters. The lowest BCUT2D eigenvalue weighted by Gasteiger charge is -2.06. The number of hydrogen-bond donors (Lipinski definition) is 1. The molecule has 0 unspecified atom stereocenters. The minimum absolute atomic E-state index is 0.600. The van der Waals surface area contributed by atoms with E-state index in [9.17, 15) is 0 Å². The van der Waals surface area contributed by atoms with Gasteiger partial charge in [0.1, 0.15) is 6.26 Å². The summed E-state index contributed by atoms with van der Waals surface area (Å²) >= 11 is 4.67. The summed E-state index contributed by atoms with van der Waals surface area (Å²) in [6.45, 7) is 0.659. The molecule has 0 aromatic carbocycles. The van der Waals surface area contributed by atoms with Crippen LogP contribution in [0.2, 0.25) is 0 Å². The Hall–Kier alpha value is -0.570. The van der Waals surface area contributed by atoms with Crippen molar-refractivity contribution in [2.45, 2.75) is 0 Å². The van der Waals surface area contributed by atoms with Crippen LogP contribution in [0, 0.1) is 0 Å². The molecule has 0 fully saturated rings. The lowest BCUT2D eigenvalue weighted by Crippen LogP contribution is -2.20. The molecule has 0 radical (unpaired) electrons. The van der Waals surface area contributed by atoms with Gasteiger partial charge in [0.05, 0.1) is 6.54 Å². The van der Waals surface area contributed by atoms with Gasteiger partial charge in [0.2, 0.25) is 0 Å². The summed E-state index contributed by atoms with van der Waals surface area (Å²) in [6.07, 6.45) is 3.25. The highest BCUT2D eigenvalue weighted by Gasteiger charge is 1.94. The zero-order chi connectivity index (χ0) is 5.11. The van der Waals surface area contributed by atoms with Crippen molar-refractivity contribution in [2.75, 3.05) is 6.54 Å². The maximum Gasteiger partial charge on any atom is 0.185 e. The lowest BCUT2D eigenvalue weighted by molar-refractivity contribution is 0.454. The molecule has 0 saturated heterocycles. The van der Waals surface area contributed by atoms with Gasteiger partial charge in [-0.2, -0.15) is 0 Å². The summed E-state index contributed by atoms with van der Waals surface area (Å²) in [5.41, 5.74) is 0. The van der Waals surface area contributed by atoms with Crippen LogP contribution in [0.5, 0.6) is 0 Å². The number of hydrogen-bond acceptors (Lipinski definition) is 3. The third-order valence-corrected chi connectivity index (χ3v) is 0.872. The molecule has 1 aliphatic heterocycles. The molecule has 1 heterocycles. The smallest absolute Gasteiger partial charge is 0.185 e. The standard InChI is InChI=1S/C4H5NOS/c7-4-3-5-1-2-6-4/h1-2,5H,3H2. The van der Waals surface area contributed by atoms with Crippen LogP contribution >= 0.6 is 12.2 Å². The number of ether oxygens (including phenoxy) is 1. The fourth-order valence-corrected chi connectivity index (χ4v) is 0.481. The Bertz CT molecular complexity index is 110. The summed E-state index contributed by atoms with van der Waals surface area (Å²) in [5, 5.41) is 3.49. The Kier molecular flexibility index (Phi) is 1.26. The van der Waals surface area contributed by atoms with Gasteiger partial charge in [0.15, 0.2) is 5.05 Å². The second kappa shape index (κ2) is 1.93. The Labute approximate surface area is 47.2 Å². The molecule has 7 heavy (non-hydrogen) atoms. The SMILES string of the molecule is S=C1CNC=CO1. The molecule has 38 valence electrons. The van der Waals surface area contributed by atoms with Crippen molar-refractivity contribution in [1.29, 1.82) is 0 Å². The van der Waals surface area contributed by atoms with Gasteiger partial charge >= 0.3 is 0 Å². The summed E-state index contributed by atoms with van der Waals surface area (Å²) in [7, 11) is 0. The van der Waals surface area contributed by atoms with Crippen LogP contribution in [0.1, 0.15) is 0 Å². The van der Waals surface area contributed by atoms with Crippen LogP contribution in [0.3, 0.4) is 0 Å². The molecule has 0 aromatic rings. The van der Waals surface area contributed by atoms with Gasteiger partial charge in [-0.15, -0.1) is 0 Å². The first-order chi connectivity index (χ1) is 3.39. The second-order valence-electron chi connectivity index (χ2n) is 1.17. The predicted octanol–water partition coefficient (Wildman–Crippen LogP) is 0.405. The van der Waals surface area contributed by atoms with E-state index >= 15 is 0 Å². The van der Waals surface area contributed by atoms with E-state index in [2.05, 4.69) is 17.5 Å². The normalized spacial score (nSPS) is 18.0. The van der Waals surface area contributed by atoms with Crippen LogP contribution in [0.15, 0.2) is 12.5 Å². The van der Waals surface area contributed by atoms with Crippen LogP contribution in [0.4, 0.5) is 0 Å². The topological polar surface area (TPSA) is 21.3 Å². The highest BCUT2D eigenvalue weighted by atomic mass is 32.1. The Morgan fingerprint density at radius 3 is 3.00 bits per heavy atom. The van der Waals surface area contributed by atoms with E-state index in [4.69, 9.17) is 4.74 Å². The van der Waals surface area contributed by atoms with Crippen molar-refractivity contribution in [3.63, 3.8) is 0 Å². The van der Waals surface area contributed by atoms with Gasteiger partial charge in [-0.3, -0.25) is 0 Å². The average Bonchev–Trinajstić information content (AvgIpc) is 1.69. The van der Waals surface area contributed by atoms with Crippen molar-refractivity contribution < 1.29 is 4.74 Å². The van der Waals surface area contributed by atoms with E-state index in [1.165, 1.54) is 6.26 Å². The molecule has 3 heteroatoms. The molecule has 0 spiro atoms. The first kappa shape index (κ1) is 4.59. The van der Waals surface area contributed by atoms with E-state index in [-0.39, 0.29) is 0 Å². The van der Waals surface area contributed by atoms with Crippen molar-refractivity contribution >= 4 is 17.3 Å². The van der Waals surface area contributed by atoms with Crippen molar-refractivity contribution in [3.8, 4) is 0 Å². The van der Waals surface area contributed by atoms with E-state index < -0.39 is 0 Å². The summed E-state index contributed by atoms with van der Waals surface area (Å²) in [5.74, 6) is 0. The maximum atomic E-state index is 4.77. The quantitative estimate of drug-likeness (QED) is 0.462. The summed E-state index contributed by atoms with van der Waals surface area (Å²) < 4.78 is 4.77. The third-order valence-electron chi connectivity index (χ3n) is 0.632. The average molecular weight is 115 g/mol.